The van der Waals surface area contributed by atoms with Crippen LogP contribution in [0.5, 0.6) is 5.75 Å². The van der Waals surface area contributed by atoms with Gasteiger partial charge in [0, 0.05) is 6.54 Å². The zero-order chi connectivity index (χ0) is 17.5. The lowest BCUT2D eigenvalue weighted by Crippen LogP contribution is -2.17. The van der Waals surface area contributed by atoms with Gasteiger partial charge in [0.2, 0.25) is 0 Å². The molecule has 0 saturated carbocycles. The molecule has 0 saturated heterocycles. The highest BCUT2D eigenvalue weighted by atomic mass is 16.6. The molecule has 0 bridgehead atoms. The molecular weight excluding hydrogens is 308 g/mol. The zero-order valence-corrected chi connectivity index (χ0v) is 14.7. The summed E-state index contributed by atoms with van der Waals surface area (Å²) in [5.74, 6) is 1.12. The molecule has 0 fully saturated rings. The molecule has 0 N–H and O–H groups in total. The van der Waals surface area contributed by atoms with Crippen molar-refractivity contribution in [1.29, 1.82) is 0 Å². The van der Waals surface area contributed by atoms with Gasteiger partial charge in [-0.3, -0.25) is 0 Å². The molecule has 0 spiro atoms. The average Bonchev–Trinajstić information content (AvgIpc) is 2.98. The Kier molecular flexibility index (Phi) is 6.28. The fourth-order valence-electron chi connectivity index (χ4n) is 2.28. The molecule has 0 aliphatic carbocycles. The van der Waals surface area contributed by atoms with Gasteiger partial charge in [0.25, 0.3) is 0 Å². The summed E-state index contributed by atoms with van der Waals surface area (Å²) in [4.78, 5) is 11.9. The Morgan fingerprint density at radius 2 is 2.12 bits per heavy atom. The third-order valence-corrected chi connectivity index (χ3v) is 3.54. The number of esters is 1. The number of benzene rings is 1. The maximum atomic E-state index is 11.9. The number of rotatable bonds is 8. The van der Waals surface area contributed by atoms with Gasteiger partial charge in [0.05, 0.1) is 0 Å². The Bertz CT molecular complexity index is 682. The largest absolute Gasteiger partial charge is 0.482 e. The van der Waals surface area contributed by atoms with Crippen molar-refractivity contribution in [2.24, 2.45) is 0 Å². The maximum absolute atomic E-state index is 11.9. The van der Waals surface area contributed by atoms with E-state index in [2.05, 4.69) is 29.4 Å². The van der Waals surface area contributed by atoms with Crippen LogP contribution in [0.3, 0.4) is 0 Å². The number of ether oxygens (including phenoxy) is 2. The molecule has 1 aromatic heterocycles. The summed E-state index contributed by atoms with van der Waals surface area (Å²) in [5, 5.41) is 11.3. The highest BCUT2D eigenvalue weighted by Crippen LogP contribution is 2.27. The third kappa shape index (κ3) is 4.78. The Morgan fingerprint density at radius 1 is 1.33 bits per heavy atom. The van der Waals surface area contributed by atoms with Crippen LogP contribution in [0.4, 0.5) is 0 Å². The van der Waals surface area contributed by atoms with E-state index in [4.69, 9.17) is 9.47 Å². The molecule has 1 aromatic carbocycles. The van der Waals surface area contributed by atoms with Gasteiger partial charge in [0.15, 0.2) is 19.0 Å². The molecule has 7 nitrogen and oxygen atoms in total. The summed E-state index contributed by atoms with van der Waals surface area (Å²) in [7, 11) is 0. The van der Waals surface area contributed by atoms with E-state index in [0.717, 1.165) is 23.3 Å². The van der Waals surface area contributed by atoms with Crippen molar-refractivity contribution in [3.05, 3.63) is 35.2 Å². The van der Waals surface area contributed by atoms with Crippen LogP contribution in [0.25, 0.3) is 0 Å². The summed E-state index contributed by atoms with van der Waals surface area (Å²) >= 11 is 0. The number of carbonyl (C=O) groups is 1. The highest BCUT2D eigenvalue weighted by Gasteiger charge is 2.13. The monoisotopic (exact) mass is 332 g/mol. The second-order valence-electron chi connectivity index (χ2n) is 5.96. The fraction of sp³-hybridized carbons (Fsp3) is 0.529. The van der Waals surface area contributed by atoms with Gasteiger partial charge in [-0.2, -0.15) is 0 Å². The van der Waals surface area contributed by atoms with Crippen LogP contribution in [0.2, 0.25) is 0 Å². The lowest BCUT2D eigenvalue weighted by atomic mass is 10.0. The molecule has 0 unspecified atom stereocenters. The number of tetrazole rings is 1. The van der Waals surface area contributed by atoms with Crippen molar-refractivity contribution >= 4 is 5.97 Å². The Balaban J connectivity index is 1.89. The predicted molar refractivity (Wildman–Crippen MR) is 88.7 cm³/mol. The minimum atomic E-state index is -0.447. The molecule has 0 aliphatic rings. The van der Waals surface area contributed by atoms with Crippen molar-refractivity contribution in [2.75, 3.05) is 6.61 Å². The van der Waals surface area contributed by atoms with Crippen LogP contribution in [0.15, 0.2) is 18.2 Å². The molecule has 0 radical (unpaired) electrons. The van der Waals surface area contributed by atoms with Gasteiger partial charge in [-0.05, 0) is 46.9 Å². The fourth-order valence-corrected chi connectivity index (χ4v) is 2.28. The summed E-state index contributed by atoms with van der Waals surface area (Å²) < 4.78 is 12.5. The van der Waals surface area contributed by atoms with Crippen LogP contribution in [-0.4, -0.2) is 32.8 Å². The van der Waals surface area contributed by atoms with Gasteiger partial charge in [-0.25, -0.2) is 9.48 Å². The van der Waals surface area contributed by atoms with Gasteiger partial charge in [-0.15, -0.1) is 5.10 Å². The Morgan fingerprint density at radius 3 is 2.83 bits per heavy atom. The number of hydrogen-bond acceptors (Lipinski definition) is 6. The van der Waals surface area contributed by atoms with Gasteiger partial charge >= 0.3 is 5.97 Å². The molecule has 0 atom stereocenters. The van der Waals surface area contributed by atoms with Crippen LogP contribution in [0.1, 0.15) is 50.1 Å². The van der Waals surface area contributed by atoms with Gasteiger partial charge in [-0.1, -0.05) is 32.9 Å². The molecule has 7 heteroatoms. The quantitative estimate of drug-likeness (QED) is 0.691. The zero-order valence-electron chi connectivity index (χ0n) is 14.7. The minimum absolute atomic E-state index is 0.0417. The van der Waals surface area contributed by atoms with Crippen molar-refractivity contribution in [2.45, 2.75) is 53.2 Å². The van der Waals surface area contributed by atoms with Crippen LogP contribution >= 0.6 is 0 Å². The van der Waals surface area contributed by atoms with E-state index in [1.165, 1.54) is 0 Å². The normalized spacial score (nSPS) is 10.9. The van der Waals surface area contributed by atoms with Crippen LogP contribution in [0, 0.1) is 6.92 Å². The van der Waals surface area contributed by atoms with E-state index in [1.807, 2.05) is 32.0 Å². The molecule has 0 aliphatic heterocycles. The summed E-state index contributed by atoms with van der Waals surface area (Å²) in [6.07, 6.45) is 0.903. The number of carbonyl (C=O) groups excluding carboxylic acids is 1. The molecule has 1 heterocycles. The SMILES string of the molecule is CCCn1nnnc1COC(=O)COc1cc(C)ccc1C(C)C. The van der Waals surface area contributed by atoms with E-state index in [0.29, 0.717) is 18.3 Å². The van der Waals surface area contributed by atoms with Crippen molar-refractivity contribution < 1.29 is 14.3 Å². The van der Waals surface area contributed by atoms with E-state index >= 15 is 0 Å². The second kappa shape index (κ2) is 8.42. The molecule has 2 aromatic rings. The highest BCUT2D eigenvalue weighted by molar-refractivity contribution is 5.71. The van der Waals surface area contributed by atoms with E-state index < -0.39 is 5.97 Å². The molecule has 2 rings (SSSR count). The lowest BCUT2D eigenvalue weighted by Gasteiger charge is -2.14. The number of aromatic nitrogens is 4. The van der Waals surface area contributed by atoms with E-state index in [9.17, 15) is 4.79 Å². The van der Waals surface area contributed by atoms with Crippen LogP contribution < -0.4 is 4.74 Å². The number of hydrogen-bond donors (Lipinski definition) is 0. The average molecular weight is 332 g/mol. The number of aryl methyl sites for hydroxylation is 2. The minimum Gasteiger partial charge on any atom is -0.482 e. The Hall–Kier alpha value is -2.44. The summed E-state index contributed by atoms with van der Waals surface area (Å²) in [5.41, 5.74) is 2.15. The predicted octanol–water partition coefficient (Wildman–Crippen LogP) is 2.64. The van der Waals surface area contributed by atoms with Gasteiger partial charge < -0.3 is 9.47 Å². The molecule has 0 amide bonds. The third-order valence-electron chi connectivity index (χ3n) is 3.54. The van der Waals surface area contributed by atoms with Crippen molar-refractivity contribution in [1.82, 2.24) is 20.2 Å². The van der Waals surface area contributed by atoms with Gasteiger partial charge in [0.1, 0.15) is 5.75 Å². The smallest absolute Gasteiger partial charge is 0.344 e. The topological polar surface area (TPSA) is 79.1 Å². The summed E-state index contributed by atoms with van der Waals surface area (Å²) in [6.45, 7) is 8.78. The molecule has 130 valence electrons. The first-order valence-corrected chi connectivity index (χ1v) is 8.15. The molecule has 24 heavy (non-hydrogen) atoms. The first-order valence-electron chi connectivity index (χ1n) is 8.15. The van der Waals surface area contributed by atoms with E-state index in [-0.39, 0.29) is 13.2 Å². The van der Waals surface area contributed by atoms with Crippen LogP contribution in [-0.2, 0) is 22.7 Å². The first kappa shape index (κ1) is 17.9. The Labute approximate surface area is 142 Å². The van der Waals surface area contributed by atoms with Crippen molar-refractivity contribution in [3.63, 3.8) is 0 Å². The summed E-state index contributed by atoms with van der Waals surface area (Å²) in [6, 6.07) is 6.00. The molecular formula is C17H24N4O3. The van der Waals surface area contributed by atoms with E-state index in [1.54, 1.807) is 4.68 Å². The second-order valence-corrected chi connectivity index (χ2v) is 5.96. The lowest BCUT2D eigenvalue weighted by molar-refractivity contribution is -0.147. The standard InChI is InChI=1S/C17H24N4O3/c1-5-8-21-16(18-19-20-21)10-24-17(22)11-23-15-9-13(4)6-7-14(15)12(2)3/h6-7,9,12H,5,8,10-11H2,1-4H3. The number of nitrogens with zero attached hydrogens (tertiary/aromatic N) is 4. The maximum Gasteiger partial charge on any atom is 0.344 e. The van der Waals surface area contributed by atoms with Crippen molar-refractivity contribution in [3.8, 4) is 5.75 Å². The first-order chi connectivity index (χ1) is 11.5.